The lowest BCUT2D eigenvalue weighted by Gasteiger charge is -2.12. The molecule has 0 saturated heterocycles. The van der Waals surface area contributed by atoms with Crippen molar-refractivity contribution in [3.63, 3.8) is 0 Å². The number of primary sulfonamides is 1. The number of non-ortho nitro benzene ring substituents is 1. The monoisotopic (exact) mass is 571 g/mol. The van der Waals surface area contributed by atoms with Crippen molar-refractivity contribution in [3.05, 3.63) is 93.9 Å². The Kier molecular flexibility index (Phi) is 9.16. The molecular weight excluding hydrogens is 549 g/mol. The molecule has 4 N–H and O–H groups in total. The van der Waals surface area contributed by atoms with Gasteiger partial charge in [-0.1, -0.05) is 24.3 Å². The molecule has 10 nitrogen and oxygen atoms in total. The van der Waals surface area contributed by atoms with Gasteiger partial charge in [0.15, 0.2) is 5.96 Å². The van der Waals surface area contributed by atoms with Crippen LogP contribution in [0.25, 0.3) is 0 Å². The number of furan rings is 1. The molecule has 0 saturated carbocycles. The quantitative estimate of drug-likeness (QED) is 0.124. The molecule has 32 heavy (non-hydrogen) atoms. The van der Waals surface area contributed by atoms with Crippen LogP contribution in [0.15, 0.2) is 81.2 Å². The van der Waals surface area contributed by atoms with Crippen molar-refractivity contribution in [3.8, 4) is 0 Å². The van der Waals surface area contributed by atoms with E-state index in [1.165, 1.54) is 24.3 Å². The number of nitrogens with zero attached hydrogens (tertiary/aromatic N) is 2. The van der Waals surface area contributed by atoms with E-state index in [9.17, 15) is 18.5 Å². The smallest absolute Gasteiger partial charge is 0.269 e. The van der Waals surface area contributed by atoms with Crippen molar-refractivity contribution in [2.45, 2.75) is 24.5 Å². The third kappa shape index (κ3) is 7.62. The van der Waals surface area contributed by atoms with Gasteiger partial charge in [0.05, 0.1) is 29.2 Å². The number of hydrogen-bond acceptors (Lipinski definition) is 6. The Morgan fingerprint density at radius 2 is 1.62 bits per heavy atom. The summed E-state index contributed by atoms with van der Waals surface area (Å²) in [4.78, 5) is 14.9. The molecule has 0 bridgehead atoms. The molecular formula is C20H22IN5O5S. The number of benzene rings is 2. The molecule has 0 radical (unpaired) electrons. The maximum atomic E-state index is 11.4. The molecule has 2 aromatic carbocycles. The van der Waals surface area contributed by atoms with Crippen molar-refractivity contribution < 1.29 is 17.8 Å². The van der Waals surface area contributed by atoms with E-state index >= 15 is 0 Å². The van der Waals surface area contributed by atoms with Gasteiger partial charge in [0.25, 0.3) is 5.69 Å². The lowest BCUT2D eigenvalue weighted by atomic mass is 10.2. The predicted molar refractivity (Wildman–Crippen MR) is 130 cm³/mol. The largest absolute Gasteiger partial charge is 0.467 e. The van der Waals surface area contributed by atoms with Crippen LogP contribution in [0.3, 0.4) is 0 Å². The number of rotatable bonds is 8. The number of halogens is 1. The molecule has 0 unspecified atom stereocenters. The Bertz CT molecular complexity index is 1150. The van der Waals surface area contributed by atoms with E-state index in [4.69, 9.17) is 9.56 Å². The number of sulfonamides is 1. The standard InChI is InChI=1S/C20H21N5O5S.HI/c21-31(28,29)19-9-5-16(6-10-19)13-23-20(24-14-18-2-1-11-30-18)22-12-15-3-7-17(8-4-15)25(26)27;/h1-11H,12-14H2,(H2,21,28,29)(H2,22,23,24);1H. The fourth-order valence-electron chi connectivity index (χ4n) is 2.63. The van der Waals surface area contributed by atoms with Crippen LogP contribution in [-0.4, -0.2) is 19.3 Å². The second-order valence-electron chi connectivity index (χ2n) is 6.56. The van der Waals surface area contributed by atoms with Crippen molar-refractivity contribution in [2.75, 3.05) is 0 Å². The van der Waals surface area contributed by atoms with E-state index in [-0.39, 0.29) is 34.6 Å². The van der Waals surface area contributed by atoms with Gasteiger partial charge in [0, 0.05) is 18.7 Å². The highest BCUT2D eigenvalue weighted by atomic mass is 127. The Morgan fingerprint density at radius 1 is 1.00 bits per heavy atom. The molecule has 170 valence electrons. The maximum absolute atomic E-state index is 11.4. The summed E-state index contributed by atoms with van der Waals surface area (Å²) in [5.74, 6) is 1.22. The molecule has 1 heterocycles. The van der Waals surface area contributed by atoms with Gasteiger partial charge >= 0.3 is 0 Å². The van der Waals surface area contributed by atoms with Gasteiger partial charge < -0.3 is 15.1 Å². The highest BCUT2D eigenvalue weighted by molar-refractivity contribution is 14.0. The SMILES string of the molecule is I.NS(=O)(=O)c1ccc(CN=C(NCc2ccc([N+](=O)[O-])cc2)NCc2ccco2)cc1. The first kappa shape index (κ1) is 25.3. The highest BCUT2D eigenvalue weighted by Gasteiger charge is 2.08. The average Bonchev–Trinajstić information content (AvgIpc) is 3.27. The van der Waals surface area contributed by atoms with Gasteiger partial charge in [-0.3, -0.25) is 10.1 Å². The number of aliphatic imine (C=N–C) groups is 1. The van der Waals surface area contributed by atoms with E-state index in [0.29, 0.717) is 25.6 Å². The van der Waals surface area contributed by atoms with Crippen molar-refractivity contribution >= 4 is 45.6 Å². The average molecular weight is 571 g/mol. The molecule has 1 aromatic heterocycles. The zero-order chi connectivity index (χ0) is 22.3. The van der Waals surface area contributed by atoms with Crippen LogP contribution < -0.4 is 15.8 Å². The van der Waals surface area contributed by atoms with Crippen LogP contribution >= 0.6 is 24.0 Å². The fourth-order valence-corrected chi connectivity index (χ4v) is 3.15. The third-order valence-corrected chi connectivity index (χ3v) is 5.22. The maximum Gasteiger partial charge on any atom is 0.269 e. The summed E-state index contributed by atoms with van der Waals surface area (Å²) in [6.07, 6.45) is 1.57. The molecule has 0 aliphatic heterocycles. The Balaban J connectivity index is 0.00000363. The zero-order valence-electron chi connectivity index (χ0n) is 16.8. The first-order valence-electron chi connectivity index (χ1n) is 9.21. The molecule has 12 heteroatoms. The number of nitrogens with one attached hydrogen (secondary N) is 2. The topological polar surface area (TPSA) is 153 Å². The number of nitro benzene ring substituents is 1. The lowest BCUT2D eigenvalue weighted by molar-refractivity contribution is -0.384. The lowest BCUT2D eigenvalue weighted by Crippen LogP contribution is -2.36. The van der Waals surface area contributed by atoms with Crippen LogP contribution in [0.5, 0.6) is 0 Å². The van der Waals surface area contributed by atoms with Crippen molar-refractivity contribution in [1.29, 1.82) is 0 Å². The molecule has 0 fully saturated rings. The van der Waals surface area contributed by atoms with Gasteiger partial charge in [-0.25, -0.2) is 18.5 Å². The number of guanidine groups is 1. The van der Waals surface area contributed by atoms with E-state index < -0.39 is 14.9 Å². The summed E-state index contributed by atoms with van der Waals surface area (Å²) in [5, 5.41) is 22.2. The first-order valence-corrected chi connectivity index (χ1v) is 10.8. The minimum Gasteiger partial charge on any atom is -0.467 e. The van der Waals surface area contributed by atoms with Gasteiger partial charge in [-0.15, -0.1) is 24.0 Å². The second-order valence-corrected chi connectivity index (χ2v) is 8.13. The highest BCUT2D eigenvalue weighted by Crippen LogP contribution is 2.12. The fraction of sp³-hybridized carbons (Fsp3) is 0.150. The van der Waals surface area contributed by atoms with Crippen LogP contribution in [0.4, 0.5) is 5.69 Å². The van der Waals surface area contributed by atoms with Crippen LogP contribution in [-0.2, 0) is 29.7 Å². The third-order valence-electron chi connectivity index (χ3n) is 4.29. The first-order chi connectivity index (χ1) is 14.8. The summed E-state index contributed by atoms with van der Waals surface area (Å²) in [6.45, 7) is 1.09. The van der Waals surface area contributed by atoms with Crippen LogP contribution in [0, 0.1) is 10.1 Å². The van der Waals surface area contributed by atoms with E-state index in [1.807, 2.05) is 6.07 Å². The molecule has 0 amide bonds. The van der Waals surface area contributed by atoms with Gasteiger partial charge in [-0.05, 0) is 35.4 Å². The second kappa shape index (κ2) is 11.6. The zero-order valence-corrected chi connectivity index (χ0v) is 19.9. The van der Waals surface area contributed by atoms with Crippen molar-refractivity contribution in [2.24, 2.45) is 10.1 Å². The number of nitrogens with two attached hydrogens (primary N) is 1. The Hall–Kier alpha value is -2.97. The molecule has 0 aliphatic rings. The minimum absolute atomic E-state index is 0. The molecule has 0 spiro atoms. The van der Waals surface area contributed by atoms with Crippen molar-refractivity contribution in [1.82, 2.24) is 10.6 Å². The van der Waals surface area contributed by atoms with E-state index in [1.54, 1.807) is 36.6 Å². The Morgan fingerprint density at radius 3 is 2.19 bits per heavy atom. The Labute approximate surface area is 202 Å². The van der Waals surface area contributed by atoms with Crippen LogP contribution in [0.1, 0.15) is 16.9 Å². The number of hydrogen-bond donors (Lipinski definition) is 3. The molecule has 0 aliphatic carbocycles. The molecule has 0 atom stereocenters. The minimum atomic E-state index is -3.75. The van der Waals surface area contributed by atoms with E-state index in [2.05, 4.69) is 15.6 Å². The summed E-state index contributed by atoms with van der Waals surface area (Å²) < 4.78 is 28.1. The normalized spacial score (nSPS) is 11.5. The van der Waals surface area contributed by atoms with Gasteiger partial charge in [0.1, 0.15) is 5.76 Å². The summed E-state index contributed by atoms with van der Waals surface area (Å²) >= 11 is 0. The van der Waals surface area contributed by atoms with Gasteiger partial charge in [-0.2, -0.15) is 0 Å². The summed E-state index contributed by atoms with van der Waals surface area (Å²) in [5.41, 5.74) is 1.66. The van der Waals surface area contributed by atoms with Gasteiger partial charge in [0.2, 0.25) is 10.0 Å². The molecule has 3 aromatic rings. The molecule has 3 rings (SSSR count). The summed E-state index contributed by atoms with van der Waals surface area (Å²) in [6, 6.07) is 16.0. The summed E-state index contributed by atoms with van der Waals surface area (Å²) in [7, 11) is -3.75. The van der Waals surface area contributed by atoms with Crippen LogP contribution in [0.2, 0.25) is 0 Å². The number of nitro groups is 1. The van der Waals surface area contributed by atoms with E-state index in [0.717, 1.165) is 16.9 Å². The predicted octanol–water partition coefficient (Wildman–Crippen LogP) is 2.89.